The van der Waals surface area contributed by atoms with Crippen molar-refractivity contribution in [1.82, 2.24) is 5.32 Å². The van der Waals surface area contributed by atoms with Gasteiger partial charge >= 0.3 is 6.09 Å². The third kappa shape index (κ3) is 4.90. The van der Waals surface area contributed by atoms with E-state index in [1.165, 1.54) is 0 Å². The normalized spacial score (nSPS) is 16.8. The van der Waals surface area contributed by atoms with Gasteiger partial charge in [0.15, 0.2) is 5.78 Å². The van der Waals surface area contributed by atoms with Gasteiger partial charge in [-0.1, -0.05) is 0 Å². The summed E-state index contributed by atoms with van der Waals surface area (Å²) in [6.07, 6.45) is 6.62. The Morgan fingerprint density at radius 2 is 2.06 bits per heavy atom. The van der Waals surface area contributed by atoms with Gasteiger partial charge in [0.05, 0.1) is 0 Å². The van der Waals surface area contributed by atoms with Crippen molar-refractivity contribution in [1.29, 1.82) is 0 Å². The lowest BCUT2D eigenvalue weighted by Gasteiger charge is -2.22. The molecule has 1 saturated carbocycles. The van der Waals surface area contributed by atoms with Gasteiger partial charge in [0.25, 0.3) is 0 Å². The second-order valence-electron chi connectivity index (χ2n) is 5.28. The van der Waals surface area contributed by atoms with Gasteiger partial charge in [-0.25, -0.2) is 4.79 Å². The number of carbonyl (C=O) groups is 2. The molecule has 1 rings (SSSR count). The van der Waals surface area contributed by atoms with E-state index in [1.807, 2.05) is 0 Å². The van der Waals surface area contributed by atoms with E-state index in [1.54, 1.807) is 20.8 Å². The minimum Gasteiger partial charge on any atom is -0.444 e. The number of terminal acetylenes is 1. The number of hydrogen-bond donors (Lipinski definition) is 1. The molecule has 0 bridgehead atoms. The Labute approximate surface area is 102 Å². The monoisotopic (exact) mass is 237 g/mol. The zero-order chi connectivity index (χ0) is 13.1. The Hall–Kier alpha value is -1.50. The third-order valence-electron chi connectivity index (χ3n) is 2.34. The van der Waals surface area contributed by atoms with Crippen LogP contribution in [0, 0.1) is 18.3 Å². The van der Waals surface area contributed by atoms with E-state index in [0.717, 1.165) is 12.8 Å². The number of rotatable bonds is 4. The van der Waals surface area contributed by atoms with Gasteiger partial charge in [-0.3, -0.25) is 4.79 Å². The molecule has 0 aromatic heterocycles. The molecule has 17 heavy (non-hydrogen) atoms. The third-order valence-corrected chi connectivity index (χ3v) is 2.34. The summed E-state index contributed by atoms with van der Waals surface area (Å²) in [4.78, 5) is 23.4. The molecule has 1 unspecified atom stereocenters. The maximum atomic E-state index is 11.8. The number of ketones is 1. The van der Waals surface area contributed by atoms with Crippen LogP contribution in [-0.4, -0.2) is 23.5 Å². The first-order valence-corrected chi connectivity index (χ1v) is 5.80. The summed E-state index contributed by atoms with van der Waals surface area (Å²) in [5.74, 6) is 2.50. The number of alkyl carbamates (subject to hydrolysis) is 1. The molecular weight excluding hydrogens is 218 g/mol. The van der Waals surface area contributed by atoms with Gasteiger partial charge in [-0.15, -0.1) is 12.3 Å². The summed E-state index contributed by atoms with van der Waals surface area (Å²) in [5, 5.41) is 2.54. The van der Waals surface area contributed by atoms with E-state index in [-0.39, 0.29) is 18.1 Å². The van der Waals surface area contributed by atoms with Crippen molar-refractivity contribution in [3.8, 4) is 12.3 Å². The van der Waals surface area contributed by atoms with Gasteiger partial charge in [-0.05, 0) is 33.6 Å². The first-order valence-electron chi connectivity index (χ1n) is 5.80. The van der Waals surface area contributed by atoms with Crippen molar-refractivity contribution in [3.05, 3.63) is 0 Å². The molecule has 1 aliphatic carbocycles. The van der Waals surface area contributed by atoms with E-state index in [4.69, 9.17) is 11.2 Å². The predicted molar refractivity (Wildman–Crippen MR) is 64.3 cm³/mol. The average Bonchev–Trinajstić information content (AvgIpc) is 2.96. The molecule has 1 atom stereocenters. The Morgan fingerprint density at radius 1 is 1.47 bits per heavy atom. The van der Waals surface area contributed by atoms with Gasteiger partial charge < -0.3 is 10.1 Å². The lowest BCUT2D eigenvalue weighted by atomic mass is 10.1. The summed E-state index contributed by atoms with van der Waals surface area (Å²) in [5.41, 5.74) is -0.576. The Kier molecular flexibility index (Phi) is 4.17. The molecule has 0 saturated heterocycles. The van der Waals surface area contributed by atoms with Crippen molar-refractivity contribution >= 4 is 11.9 Å². The van der Waals surface area contributed by atoms with Crippen LogP contribution < -0.4 is 5.32 Å². The fourth-order valence-electron chi connectivity index (χ4n) is 1.44. The summed E-state index contributed by atoms with van der Waals surface area (Å²) in [7, 11) is 0. The van der Waals surface area contributed by atoms with Crippen LogP contribution in [0.15, 0.2) is 0 Å². The van der Waals surface area contributed by atoms with Crippen molar-refractivity contribution in [2.45, 2.75) is 51.7 Å². The SMILES string of the molecule is C#CCC(NC(=O)OC(C)(C)C)C(=O)C1CC1. The van der Waals surface area contributed by atoms with Gasteiger partial charge in [-0.2, -0.15) is 0 Å². The van der Waals surface area contributed by atoms with Gasteiger partial charge in [0, 0.05) is 12.3 Å². The summed E-state index contributed by atoms with van der Waals surface area (Å²) < 4.78 is 5.09. The molecule has 1 aliphatic rings. The highest BCUT2D eigenvalue weighted by atomic mass is 16.6. The van der Waals surface area contributed by atoms with Crippen LogP contribution in [0.4, 0.5) is 4.79 Å². The Balaban J connectivity index is 2.51. The predicted octanol–water partition coefficient (Wildman–Crippen LogP) is 1.88. The molecule has 94 valence electrons. The molecule has 4 heteroatoms. The lowest BCUT2D eigenvalue weighted by molar-refractivity contribution is -0.122. The minimum atomic E-state index is -0.609. The number of Topliss-reactive ketones (excluding diaryl/α,β-unsaturated/α-hetero) is 1. The molecule has 4 nitrogen and oxygen atoms in total. The Morgan fingerprint density at radius 3 is 2.47 bits per heavy atom. The highest BCUT2D eigenvalue weighted by Crippen LogP contribution is 2.31. The maximum Gasteiger partial charge on any atom is 0.408 e. The molecular formula is C13H19NO3. The quantitative estimate of drug-likeness (QED) is 0.759. The molecule has 0 heterocycles. The van der Waals surface area contributed by atoms with Crippen LogP contribution in [0.3, 0.4) is 0 Å². The van der Waals surface area contributed by atoms with E-state index < -0.39 is 17.7 Å². The van der Waals surface area contributed by atoms with Crippen molar-refractivity contribution < 1.29 is 14.3 Å². The van der Waals surface area contributed by atoms with Crippen LogP contribution in [0.2, 0.25) is 0 Å². The summed E-state index contributed by atoms with van der Waals surface area (Å²) in [6, 6.07) is -0.609. The van der Waals surface area contributed by atoms with Crippen molar-refractivity contribution in [2.24, 2.45) is 5.92 Å². The van der Waals surface area contributed by atoms with Crippen molar-refractivity contribution in [3.63, 3.8) is 0 Å². The number of hydrogen-bond acceptors (Lipinski definition) is 3. The molecule has 0 spiro atoms. The fraction of sp³-hybridized carbons (Fsp3) is 0.692. The largest absolute Gasteiger partial charge is 0.444 e. The molecule has 1 N–H and O–H groups in total. The van der Waals surface area contributed by atoms with Gasteiger partial charge in [0.1, 0.15) is 11.6 Å². The van der Waals surface area contributed by atoms with E-state index in [9.17, 15) is 9.59 Å². The van der Waals surface area contributed by atoms with E-state index in [0.29, 0.717) is 0 Å². The van der Waals surface area contributed by atoms with Crippen LogP contribution in [0.5, 0.6) is 0 Å². The van der Waals surface area contributed by atoms with E-state index >= 15 is 0 Å². The van der Waals surface area contributed by atoms with Crippen LogP contribution >= 0.6 is 0 Å². The topological polar surface area (TPSA) is 55.4 Å². The molecule has 0 aromatic rings. The summed E-state index contributed by atoms with van der Waals surface area (Å²) >= 11 is 0. The van der Waals surface area contributed by atoms with E-state index in [2.05, 4.69) is 11.2 Å². The zero-order valence-electron chi connectivity index (χ0n) is 10.6. The van der Waals surface area contributed by atoms with Gasteiger partial charge in [0.2, 0.25) is 0 Å². The van der Waals surface area contributed by atoms with Crippen molar-refractivity contribution in [2.75, 3.05) is 0 Å². The summed E-state index contributed by atoms with van der Waals surface area (Å²) in [6.45, 7) is 5.31. The molecule has 1 fully saturated rings. The first kappa shape index (κ1) is 13.6. The molecule has 0 radical (unpaired) electrons. The number of nitrogens with one attached hydrogen (secondary N) is 1. The van der Waals surface area contributed by atoms with Crippen LogP contribution in [0.1, 0.15) is 40.0 Å². The number of carbonyl (C=O) groups excluding carboxylic acids is 2. The first-order chi connectivity index (χ1) is 7.83. The lowest BCUT2D eigenvalue weighted by Crippen LogP contribution is -2.43. The zero-order valence-corrected chi connectivity index (χ0v) is 10.6. The molecule has 0 aliphatic heterocycles. The molecule has 1 amide bonds. The number of ether oxygens (including phenoxy) is 1. The smallest absolute Gasteiger partial charge is 0.408 e. The second-order valence-corrected chi connectivity index (χ2v) is 5.28. The maximum absolute atomic E-state index is 11.8. The van der Waals surface area contributed by atoms with Crippen LogP contribution in [-0.2, 0) is 9.53 Å². The second kappa shape index (κ2) is 5.22. The highest BCUT2D eigenvalue weighted by molar-refractivity contribution is 5.91. The minimum absolute atomic E-state index is 0.0220. The number of amides is 1. The fourth-order valence-corrected chi connectivity index (χ4v) is 1.44. The van der Waals surface area contributed by atoms with Crippen LogP contribution in [0.25, 0.3) is 0 Å². The standard InChI is InChI=1S/C13H19NO3/c1-5-6-10(11(15)9-7-8-9)14-12(16)17-13(2,3)4/h1,9-10H,6-8H2,2-4H3,(H,14,16). The highest BCUT2D eigenvalue weighted by Gasteiger charge is 2.35. The average molecular weight is 237 g/mol. The Bertz CT molecular complexity index is 345. The molecule has 0 aromatic carbocycles.